The SMILES string of the molecule is Cc1ccccc1C(=C1SC(=O)NC1=O)c1ccccc1. The van der Waals surface area contributed by atoms with Crippen molar-refractivity contribution < 1.29 is 9.59 Å². The first kappa shape index (κ1) is 13.6. The Morgan fingerprint density at radius 1 is 0.952 bits per heavy atom. The average molecular weight is 295 g/mol. The lowest BCUT2D eigenvalue weighted by Crippen LogP contribution is -2.18. The second-order valence-corrected chi connectivity index (χ2v) is 5.71. The third kappa shape index (κ3) is 2.62. The topological polar surface area (TPSA) is 46.2 Å². The first-order valence-electron chi connectivity index (χ1n) is 6.55. The fourth-order valence-corrected chi connectivity index (χ4v) is 3.15. The molecule has 1 N–H and O–H groups in total. The minimum absolute atomic E-state index is 0.322. The van der Waals surface area contributed by atoms with E-state index in [2.05, 4.69) is 5.32 Å². The van der Waals surface area contributed by atoms with Gasteiger partial charge in [0.25, 0.3) is 11.1 Å². The summed E-state index contributed by atoms with van der Waals surface area (Å²) in [5.41, 5.74) is 3.77. The van der Waals surface area contributed by atoms with Crippen LogP contribution in [-0.4, -0.2) is 11.1 Å². The highest BCUT2D eigenvalue weighted by molar-refractivity contribution is 8.18. The van der Waals surface area contributed by atoms with E-state index in [-0.39, 0.29) is 11.1 Å². The van der Waals surface area contributed by atoms with Crippen LogP contribution in [0.3, 0.4) is 0 Å². The molecule has 1 heterocycles. The van der Waals surface area contributed by atoms with Gasteiger partial charge in [-0.1, -0.05) is 54.6 Å². The summed E-state index contributed by atoms with van der Waals surface area (Å²) in [4.78, 5) is 24.0. The second kappa shape index (κ2) is 5.58. The Morgan fingerprint density at radius 3 is 2.24 bits per heavy atom. The highest BCUT2D eigenvalue weighted by Gasteiger charge is 2.30. The second-order valence-electron chi connectivity index (χ2n) is 4.73. The normalized spacial score (nSPS) is 16.8. The fraction of sp³-hybridized carbons (Fsp3) is 0.0588. The maximum atomic E-state index is 12.1. The summed E-state index contributed by atoms with van der Waals surface area (Å²) in [5, 5.41) is 2.01. The minimum atomic E-state index is -0.327. The molecule has 1 aliphatic heterocycles. The lowest BCUT2D eigenvalue weighted by Gasteiger charge is -2.13. The number of carbonyl (C=O) groups is 2. The molecule has 3 rings (SSSR count). The molecule has 2 aromatic carbocycles. The largest absolute Gasteiger partial charge is 0.290 e. The molecule has 1 saturated heterocycles. The molecule has 1 fully saturated rings. The molecular weight excluding hydrogens is 282 g/mol. The number of benzene rings is 2. The number of amides is 2. The van der Waals surface area contributed by atoms with Gasteiger partial charge < -0.3 is 0 Å². The number of thioether (sulfide) groups is 1. The van der Waals surface area contributed by atoms with Gasteiger partial charge in [-0.2, -0.15) is 0 Å². The van der Waals surface area contributed by atoms with Crippen molar-refractivity contribution in [3.8, 4) is 0 Å². The Morgan fingerprint density at radius 2 is 1.62 bits per heavy atom. The van der Waals surface area contributed by atoms with Gasteiger partial charge in [0.2, 0.25) is 0 Å². The van der Waals surface area contributed by atoms with Crippen molar-refractivity contribution in [3.63, 3.8) is 0 Å². The summed E-state index contributed by atoms with van der Waals surface area (Å²) < 4.78 is 0. The number of hydrogen-bond donors (Lipinski definition) is 1. The Kier molecular flexibility index (Phi) is 3.62. The van der Waals surface area contributed by atoms with Crippen LogP contribution >= 0.6 is 11.8 Å². The van der Waals surface area contributed by atoms with Crippen molar-refractivity contribution in [3.05, 3.63) is 76.2 Å². The zero-order chi connectivity index (χ0) is 14.8. The zero-order valence-corrected chi connectivity index (χ0v) is 12.2. The molecule has 0 bridgehead atoms. The van der Waals surface area contributed by atoms with Crippen molar-refractivity contribution in [2.75, 3.05) is 0 Å². The van der Waals surface area contributed by atoms with Crippen molar-refractivity contribution in [1.29, 1.82) is 0 Å². The van der Waals surface area contributed by atoms with Crippen molar-refractivity contribution >= 4 is 28.5 Å². The lowest BCUT2D eigenvalue weighted by molar-refractivity contribution is -0.115. The van der Waals surface area contributed by atoms with Crippen LogP contribution in [0, 0.1) is 6.92 Å². The molecule has 0 saturated carbocycles. The molecule has 3 nitrogen and oxygen atoms in total. The van der Waals surface area contributed by atoms with Gasteiger partial charge in [-0.05, 0) is 35.4 Å². The van der Waals surface area contributed by atoms with Gasteiger partial charge in [0.15, 0.2) is 0 Å². The van der Waals surface area contributed by atoms with E-state index in [4.69, 9.17) is 0 Å². The Hall–Kier alpha value is -2.33. The van der Waals surface area contributed by atoms with Crippen LogP contribution in [0.5, 0.6) is 0 Å². The van der Waals surface area contributed by atoms with Crippen LogP contribution in [0.25, 0.3) is 5.57 Å². The summed E-state index contributed by atoms with van der Waals surface area (Å²) >= 11 is 0.960. The van der Waals surface area contributed by atoms with Gasteiger partial charge in [-0.15, -0.1) is 0 Å². The third-order valence-corrected chi connectivity index (χ3v) is 4.20. The molecule has 0 aliphatic carbocycles. The Balaban J connectivity index is 2.27. The van der Waals surface area contributed by atoms with Crippen LogP contribution in [0.1, 0.15) is 16.7 Å². The summed E-state index contributed by atoms with van der Waals surface area (Å²) in [6.45, 7) is 2.00. The van der Waals surface area contributed by atoms with Crippen LogP contribution in [0.4, 0.5) is 4.79 Å². The quantitative estimate of drug-likeness (QED) is 0.859. The zero-order valence-electron chi connectivity index (χ0n) is 11.4. The number of aryl methyl sites for hydroxylation is 1. The molecule has 0 radical (unpaired) electrons. The molecule has 0 aromatic heterocycles. The highest BCUT2D eigenvalue weighted by Crippen LogP contribution is 2.37. The van der Waals surface area contributed by atoms with E-state index in [1.807, 2.05) is 61.5 Å². The number of rotatable bonds is 2. The highest BCUT2D eigenvalue weighted by atomic mass is 32.2. The summed E-state index contributed by atoms with van der Waals surface area (Å²) in [6, 6.07) is 17.5. The monoisotopic (exact) mass is 295 g/mol. The third-order valence-electron chi connectivity index (χ3n) is 3.32. The van der Waals surface area contributed by atoms with Gasteiger partial charge in [0, 0.05) is 5.57 Å². The van der Waals surface area contributed by atoms with Gasteiger partial charge >= 0.3 is 0 Å². The molecule has 21 heavy (non-hydrogen) atoms. The average Bonchev–Trinajstić information content (AvgIpc) is 2.81. The van der Waals surface area contributed by atoms with Crippen molar-refractivity contribution in [2.45, 2.75) is 6.92 Å². The molecule has 2 amide bonds. The molecule has 104 valence electrons. The van der Waals surface area contributed by atoms with Crippen molar-refractivity contribution in [1.82, 2.24) is 5.32 Å². The van der Waals surface area contributed by atoms with Crippen LogP contribution in [0.2, 0.25) is 0 Å². The first-order chi connectivity index (χ1) is 10.2. The number of carbonyl (C=O) groups excluding carboxylic acids is 2. The predicted octanol–water partition coefficient (Wildman–Crippen LogP) is 3.74. The molecule has 4 heteroatoms. The molecular formula is C17H13NO2S. The van der Waals surface area contributed by atoms with Gasteiger partial charge in [-0.3, -0.25) is 14.9 Å². The first-order valence-corrected chi connectivity index (χ1v) is 7.37. The molecule has 0 unspecified atom stereocenters. The fourth-order valence-electron chi connectivity index (χ4n) is 2.35. The summed E-state index contributed by atoms with van der Waals surface area (Å²) in [5.74, 6) is -0.327. The Labute approximate surface area is 127 Å². The summed E-state index contributed by atoms with van der Waals surface area (Å²) in [7, 11) is 0. The molecule has 0 atom stereocenters. The van der Waals surface area contributed by atoms with Crippen LogP contribution < -0.4 is 5.32 Å². The van der Waals surface area contributed by atoms with Crippen molar-refractivity contribution in [2.24, 2.45) is 0 Å². The lowest BCUT2D eigenvalue weighted by atomic mass is 9.94. The number of imide groups is 1. The van der Waals surface area contributed by atoms with Gasteiger partial charge in [-0.25, -0.2) is 0 Å². The number of nitrogens with one attached hydrogen (secondary N) is 1. The van der Waals surface area contributed by atoms with Crippen LogP contribution in [-0.2, 0) is 4.79 Å². The van der Waals surface area contributed by atoms with Gasteiger partial charge in [0.1, 0.15) is 0 Å². The van der Waals surface area contributed by atoms with Crippen LogP contribution in [0.15, 0.2) is 59.5 Å². The number of hydrogen-bond acceptors (Lipinski definition) is 3. The smallest absolute Gasteiger partial charge is 0.282 e. The van der Waals surface area contributed by atoms with E-state index < -0.39 is 0 Å². The van der Waals surface area contributed by atoms with E-state index in [1.165, 1.54) is 0 Å². The molecule has 1 aliphatic rings. The summed E-state index contributed by atoms with van der Waals surface area (Å²) in [6.07, 6.45) is 0. The molecule has 2 aromatic rings. The maximum absolute atomic E-state index is 12.1. The van der Waals surface area contributed by atoms with E-state index >= 15 is 0 Å². The van der Waals surface area contributed by atoms with Gasteiger partial charge in [0.05, 0.1) is 4.91 Å². The minimum Gasteiger partial charge on any atom is -0.282 e. The van der Waals surface area contributed by atoms with E-state index in [0.29, 0.717) is 4.91 Å². The maximum Gasteiger partial charge on any atom is 0.290 e. The Bertz CT molecular complexity index is 750. The predicted molar refractivity (Wildman–Crippen MR) is 84.8 cm³/mol. The van der Waals surface area contributed by atoms with E-state index in [1.54, 1.807) is 0 Å². The standard InChI is InChI=1S/C17H13NO2S/c1-11-7-5-6-10-13(11)14(12-8-3-2-4-9-12)15-16(19)18-17(20)21-15/h2-10H,1H3,(H,18,19,20). The van der Waals surface area contributed by atoms with E-state index in [9.17, 15) is 9.59 Å². The van der Waals surface area contributed by atoms with E-state index in [0.717, 1.165) is 34.0 Å². The molecule has 0 spiro atoms.